The molecule has 4 aromatic rings. The third-order valence-electron chi connectivity index (χ3n) is 5.60. The molecule has 5 rings (SSSR count). The highest BCUT2D eigenvalue weighted by Gasteiger charge is 2.33. The fourth-order valence-corrected chi connectivity index (χ4v) is 3.84. The molecule has 2 heterocycles. The summed E-state index contributed by atoms with van der Waals surface area (Å²) in [5.74, 6) is -0.678. The number of aromatic nitrogens is 2. The van der Waals surface area contributed by atoms with Crippen LogP contribution in [0.25, 0.3) is 10.8 Å². The third-order valence-corrected chi connectivity index (χ3v) is 5.60. The largest absolute Gasteiger partial charge is 0.452 e. The molecular formula is C26H21N3O5. The van der Waals surface area contributed by atoms with E-state index in [1.54, 1.807) is 36.4 Å². The molecule has 3 aromatic carbocycles. The van der Waals surface area contributed by atoms with Gasteiger partial charge in [0.2, 0.25) is 0 Å². The Bertz CT molecular complexity index is 1400. The van der Waals surface area contributed by atoms with Crippen molar-refractivity contribution in [3.05, 3.63) is 89.1 Å². The van der Waals surface area contributed by atoms with Crippen LogP contribution in [-0.4, -0.2) is 27.9 Å². The average molecular weight is 455 g/mol. The van der Waals surface area contributed by atoms with Gasteiger partial charge in [-0.3, -0.25) is 9.59 Å². The van der Waals surface area contributed by atoms with E-state index in [0.29, 0.717) is 28.0 Å². The number of benzene rings is 3. The molecule has 0 saturated heterocycles. The number of carbonyl (C=O) groups excluding carboxylic acids is 3. The summed E-state index contributed by atoms with van der Waals surface area (Å²) in [6.45, 7) is 5.69. The quantitative estimate of drug-likeness (QED) is 0.325. The molecule has 0 fully saturated rings. The summed E-state index contributed by atoms with van der Waals surface area (Å²) in [6.07, 6.45) is 0. The van der Waals surface area contributed by atoms with Crippen molar-refractivity contribution in [2.24, 2.45) is 0 Å². The van der Waals surface area contributed by atoms with Gasteiger partial charge in [0.05, 0.1) is 11.3 Å². The van der Waals surface area contributed by atoms with Crippen LogP contribution < -0.4 is 4.90 Å². The van der Waals surface area contributed by atoms with Crippen LogP contribution in [0, 0.1) is 0 Å². The maximum Gasteiger partial charge on any atom is 0.338 e. The molecule has 1 aliphatic heterocycles. The zero-order valence-electron chi connectivity index (χ0n) is 18.9. The van der Waals surface area contributed by atoms with E-state index in [4.69, 9.17) is 9.26 Å². The zero-order valence-corrected chi connectivity index (χ0v) is 18.9. The summed E-state index contributed by atoms with van der Waals surface area (Å²) in [5, 5.41) is 5.40. The first-order chi connectivity index (χ1) is 16.2. The Morgan fingerprint density at radius 1 is 0.941 bits per heavy atom. The molecule has 0 saturated carbocycles. The average Bonchev–Trinajstić information content (AvgIpc) is 3.31. The Morgan fingerprint density at radius 3 is 2.12 bits per heavy atom. The number of anilines is 1. The molecule has 0 N–H and O–H groups in total. The number of hydrogen-bond acceptors (Lipinski definition) is 7. The monoisotopic (exact) mass is 455 g/mol. The van der Waals surface area contributed by atoms with Crippen molar-refractivity contribution in [3.8, 4) is 0 Å². The van der Waals surface area contributed by atoms with Crippen molar-refractivity contribution in [1.82, 2.24) is 10.1 Å². The van der Waals surface area contributed by atoms with Crippen molar-refractivity contribution >= 4 is 34.2 Å². The normalized spacial score (nSPS) is 13.4. The number of ether oxygens (including phenoxy) is 1. The predicted octanol–water partition coefficient (Wildman–Crippen LogP) is 4.68. The van der Waals surface area contributed by atoms with Crippen molar-refractivity contribution < 1.29 is 23.6 Å². The lowest BCUT2D eigenvalue weighted by atomic mass is 9.94. The molecule has 0 aliphatic carbocycles. The summed E-state index contributed by atoms with van der Waals surface area (Å²) in [5.41, 5.74) is 1.27. The van der Waals surface area contributed by atoms with Gasteiger partial charge in [0.15, 0.2) is 12.4 Å². The molecule has 2 amide bonds. The fraction of sp³-hybridized carbons (Fsp3) is 0.192. The van der Waals surface area contributed by atoms with Gasteiger partial charge in [-0.2, -0.15) is 4.98 Å². The van der Waals surface area contributed by atoms with Gasteiger partial charge in [0.25, 0.3) is 17.7 Å². The molecule has 0 atom stereocenters. The van der Waals surface area contributed by atoms with Crippen molar-refractivity contribution in [2.75, 3.05) is 4.90 Å². The van der Waals surface area contributed by atoms with Crippen LogP contribution >= 0.6 is 0 Å². The zero-order chi connectivity index (χ0) is 24.0. The second-order valence-electron chi connectivity index (χ2n) is 9.04. The highest BCUT2D eigenvalue weighted by molar-refractivity contribution is 6.35. The predicted molar refractivity (Wildman–Crippen MR) is 124 cm³/mol. The van der Waals surface area contributed by atoms with Crippen LogP contribution in [0.5, 0.6) is 0 Å². The second-order valence-corrected chi connectivity index (χ2v) is 9.04. The van der Waals surface area contributed by atoms with E-state index in [9.17, 15) is 14.4 Å². The Balaban J connectivity index is 1.34. The van der Waals surface area contributed by atoms with Crippen molar-refractivity contribution in [2.45, 2.75) is 32.8 Å². The van der Waals surface area contributed by atoms with E-state index < -0.39 is 17.8 Å². The van der Waals surface area contributed by atoms with Gasteiger partial charge in [-0.25, -0.2) is 9.69 Å². The Labute approximate surface area is 195 Å². The smallest absolute Gasteiger partial charge is 0.338 e. The summed E-state index contributed by atoms with van der Waals surface area (Å²) >= 11 is 0. The molecule has 0 unspecified atom stereocenters. The van der Waals surface area contributed by atoms with E-state index in [1.807, 2.05) is 32.9 Å². The van der Waals surface area contributed by atoms with E-state index in [-0.39, 0.29) is 23.5 Å². The van der Waals surface area contributed by atoms with Gasteiger partial charge in [-0.05, 0) is 41.8 Å². The lowest BCUT2D eigenvalue weighted by Gasteiger charge is -2.27. The molecule has 0 radical (unpaired) electrons. The van der Waals surface area contributed by atoms with Crippen LogP contribution in [-0.2, 0) is 16.8 Å². The SMILES string of the molecule is CC(C)(C)c1noc(COC(=O)c2ccc(N3C(=O)c4cccc5cccc(c45)C3=O)cc2)n1. The lowest BCUT2D eigenvalue weighted by molar-refractivity contribution is 0.0429. The Morgan fingerprint density at radius 2 is 1.56 bits per heavy atom. The van der Waals surface area contributed by atoms with Gasteiger partial charge in [0.1, 0.15) is 0 Å². The molecule has 8 nitrogen and oxygen atoms in total. The van der Waals surface area contributed by atoms with Crippen molar-refractivity contribution in [1.29, 1.82) is 0 Å². The number of amides is 2. The van der Waals surface area contributed by atoms with Crippen LogP contribution in [0.1, 0.15) is 63.6 Å². The van der Waals surface area contributed by atoms with E-state index in [1.165, 1.54) is 12.1 Å². The second kappa shape index (κ2) is 7.91. The highest BCUT2D eigenvalue weighted by Crippen LogP contribution is 2.32. The number of imide groups is 1. The van der Waals surface area contributed by atoms with Crippen LogP contribution in [0.2, 0.25) is 0 Å². The number of esters is 1. The summed E-state index contributed by atoms with van der Waals surface area (Å²) < 4.78 is 10.4. The van der Waals surface area contributed by atoms with Gasteiger partial charge < -0.3 is 9.26 Å². The number of carbonyl (C=O) groups is 3. The minimum atomic E-state index is -0.589. The maximum absolute atomic E-state index is 13.2. The van der Waals surface area contributed by atoms with Gasteiger partial charge >= 0.3 is 5.97 Å². The fourth-order valence-electron chi connectivity index (χ4n) is 3.84. The molecule has 8 heteroatoms. The van der Waals surface area contributed by atoms with Crippen LogP contribution in [0.3, 0.4) is 0 Å². The summed E-state index contributed by atoms with van der Waals surface area (Å²) in [7, 11) is 0. The molecule has 34 heavy (non-hydrogen) atoms. The topological polar surface area (TPSA) is 103 Å². The van der Waals surface area contributed by atoms with E-state index in [2.05, 4.69) is 10.1 Å². The van der Waals surface area contributed by atoms with Crippen LogP contribution in [0.15, 0.2) is 65.2 Å². The molecule has 170 valence electrons. The first-order valence-electron chi connectivity index (χ1n) is 10.7. The number of rotatable bonds is 4. The third kappa shape index (κ3) is 3.63. The summed E-state index contributed by atoms with van der Waals surface area (Å²) in [4.78, 5) is 44.1. The van der Waals surface area contributed by atoms with E-state index in [0.717, 1.165) is 10.3 Å². The molecule has 1 aromatic heterocycles. The molecule has 0 spiro atoms. The first kappa shape index (κ1) is 21.5. The molecular weight excluding hydrogens is 434 g/mol. The Hall–Kier alpha value is -4.33. The maximum atomic E-state index is 13.2. The van der Waals surface area contributed by atoms with Crippen molar-refractivity contribution in [3.63, 3.8) is 0 Å². The van der Waals surface area contributed by atoms with E-state index >= 15 is 0 Å². The highest BCUT2D eigenvalue weighted by atomic mass is 16.6. The standard InChI is InChI=1S/C26H21N3O5/c1-26(2,3)25-27-20(34-28-25)14-33-24(32)16-10-12-17(13-11-16)29-22(30)18-8-4-6-15-7-5-9-19(21(15)18)23(29)31/h4-13H,14H2,1-3H3. The minimum Gasteiger partial charge on any atom is -0.452 e. The number of hydrogen-bond donors (Lipinski definition) is 0. The minimum absolute atomic E-state index is 0.159. The van der Waals surface area contributed by atoms with Crippen LogP contribution in [0.4, 0.5) is 5.69 Å². The van der Waals surface area contributed by atoms with Gasteiger partial charge in [0, 0.05) is 21.9 Å². The number of nitrogens with zero attached hydrogens (tertiary/aromatic N) is 3. The lowest BCUT2D eigenvalue weighted by Crippen LogP contribution is -2.40. The molecule has 0 bridgehead atoms. The molecule has 1 aliphatic rings. The Kier molecular flexibility index (Phi) is 5.01. The first-order valence-corrected chi connectivity index (χ1v) is 10.7. The van der Waals surface area contributed by atoms with Gasteiger partial charge in [-0.1, -0.05) is 50.2 Å². The van der Waals surface area contributed by atoms with Gasteiger partial charge in [-0.15, -0.1) is 0 Å². The summed E-state index contributed by atoms with van der Waals surface area (Å²) in [6, 6.07) is 16.9.